The van der Waals surface area contributed by atoms with Gasteiger partial charge in [-0.2, -0.15) is 0 Å². The van der Waals surface area contributed by atoms with Gasteiger partial charge in [0.2, 0.25) is 10.0 Å². The van der Waals surface area contributed by atoms with Gasteiger partial charge in [-0.3, -0.25) is 9.52 Å². The molecule has 1 rings (SSSR count). The maximum absolute atomic E-state index is 11.2. The summed E-state index contributed by atoms with van der Waals surface area (Å²) in [5.41, 5.74) is 4.60. The van der Waals surface area contributed by atoms with Crippen LogP contribution in [0, 0.1) is 0 Å². The first kappa shape index (κ1) is 10.5. The van der Waals surface area contributed by atoms with Gasteiger partial charge in [0.15, 0.2) is 0 Å². The second-order valence-electron chi connectivity index (χ2n) is 3.41. The van der Waals surface area contributed by atoms with Crippen LogP contribution in [-0.2, 0) is 14.8 Å². The van der Waals surface area contributed by atoms with Crippen LogP contribution in [0.5, 0.6) is 0 Å². The Hall–Kier alpha value is -0.620. The predicted octanol–water partition coefficient (Wildman–Crippen LogP) is -0.666. The summed E-state index contributed by atoms with van der Waals surface area (Å²) >= 11 is 0. The SMILES string of the molecule is CCCS(=O)(=O)NC(=O)C1(N)CC1. The van der Waals surface area contributed by atoms with E-state index in [4.69, 9.17) is 5.73 Å². The quantitative estimate of drug-likeness (QED) is 0.638. The van der Waals surface area contributed by atoms with Gasteiger partial charge in [0.1, 0.15) is 0 Å². The summed E-state index contributed by atoms with van der Waals surface area (Å²) in [5, 5.41) is 0. The van der Waals surface area contributed by atoms with E-state index in [1.54, 1.807) is 6.92 Å². The van der Waals surface area contributed by atoms with Crippen molar-refractivity contribution in [2.24, 2.45) is 5.73 Å². The molecule has 1 aliphatic carbocycles. The van der Waals surface area contributed by atoms with Gasteiger partial charge < -0.3 is 5.73 Å². The fourth-order valence-corrected chi connectivity index (χ4v) is 2.05. The highest BCUT2D eigenvalue weighted by atomic mass is 32.2. The van der Waals surface area contributed by atoms with Crippen molar-refractivity contribution in [2.75, 3.05) is 5.75 Å². The second kappa shape index (κ2) is 3.26. The van der Waals surface area contributed by atoms with E-state index < -0.39 is 21.5 Å². The molecule has 0 spiro atoms. The van der Waals surface area contributed by atoms with Crippen molar-refractivity contribution in [3.63, 3.8) is 0 Å². The minimum atomic E-state index is -3.45. The second-order valence-corrected chi connectivity index (χ2v) is 5.25. The normalized spacial score (nSPS) is 19.5. The highest BCUT2D eigenvalue weighted by molar-refractivity contribution is 7.90. The number of amides is 1. The fraction of sp³-hybridized carbons (Fsp3) is 0.857. The molecule has 3 N–H and O–H groups in total. The van der Waals surface area contributed by atoms with Crippen molar-refractivity contribution in [3.8, 4) is 0 Å². The number of carbonyl (C=O) groups is 1. The van der Waals surface area contributed by atoms with E-state index in [1.807, 2.05) is 4.72 Å². The van der Waals surface area contributed by atoms with Gasteiger partial charge in [-0.1, -0.05) is 6.92 Å². The molecule has 13 heavy (non-hydrogen) atoms. The molecule has 0 aromatic rings. The van der Waals surface area contributed by atoms with Crippen LogP contribution in [0.2, 0.25) is 0 Å². The largest absolute Gasteiger partial charge is 0.317 e. The summed E-state index contributed by atoms with van der Waals surface area (Å²) in [6.45, 7) is 1.74. The zero-order valence-electron chi connectivity index (χ0n) is 7.54. The average molecular weight is 206 g/mol. The lowest BCUT2D eigenvalue weighted by molar-refractivity contribution is -0.121. The van der Waals surface area contributed by atoms with E-state index in [0.717, 1.165) is 0 Å². The lowest BCUT2D eigenvalue weighted by atomic mass is 10.3. The van der Waals surface area contributed by atoms with E-state index >= 15 is 0 Å². The van der Waals surface area contributed by atoms with Gasteiger partial charge in [0, 0.05) is 0 Å². The Morgan fingerprint density at radius 3 is 2.46 bits per heavy atom. The molecular formula is C7H14N2O3S. The summed E-state index contributed by atoms with van der Waals surface area (Å²) < 4.78 is 24.2. The Morgan fingerprint density at radius 2 is 2.08 bits per heavy atom. The predicted molar refractivity (Wildman–Crippen MR) is 48.4 cm³/mol. The van der Waals surface area contributed by atoms with Gasteiger partial charge in [-0.15, -0.1) is 0 Å². The van der Waals surface area contributed by atoms with E-state index in [0.29, 0.717) is 19.3 Å². The van der Waals surface area contributed by atoms with E-state index in [-0.39, 0.29) is 5.75 Å². The number of sulfonamides is 1. The maximum Gasteiger partial charge on any atom is 0.253 e. The number of rotatable bonds is 4. The molecule has 0 aromatic heterocycles. The first-order valence-corrected chi connectivity index (χ1v) is 5.89. The number of nitrogens with one attached hydrogen (secondary N) is 1. The van der Waals surface area contributed by atoms with E-state index in [9.17, 15) is 13.2 Å². The number of hydrogen-bond donors (Lipinski definition) is 2. The van der Waals surface area contributed by atoms with Crippen molar-refractivity contribution in [1.82, 2.24) is 4.72 Å². The summed E-state index contributed by atoms with van der Waals surface area (Å²) in [6, 6.07) is 0. The van der Waals surface area contributed by atoms with Crippen LogP contribution < -0.4 is 10.5 Å². The summed E-state index contributed by atoms with van der Waals surface area (Å²) in [7, 11) is -3.45. The molecule has 0 aromatic carbocycles. The van der Waals surface area contributed by atoms with Crippen LogP contribution in [0.15, 0.2) is 0 Å². The van der Waals surface area contributed by atoms with Crippen LogP contribution in [0.3, 0.4) is 0 Å². The standard InChI is InChI=1S/C7H14N2O3S/c1-2-5-13(11,12)9-6(10)7(8)3-4-7/h2-5,8H2,1H3,(H,9,10). The zero-order chi connectivity index (χ0) is 10.1. The van der Waals surface area contributed by atoms with Gasteiger partial charge in [0.05, 0.1) is 11.3 Å². The molecule has 0 heterocycles. The minimum absolute atomic E-state index is 0.0329. The molecule has 1 saturated carbocycles. The molecule has 0 bridgehead atoms. The fourth-order valence-electron chi connectivity index (χ4n) is 0.924. The Morgan fingerprint density at radius 1 is 1.54 bits per heavy atom. The zero-order valence-corrected chi connectivity index (χ0v) is 8.36. The van der Waals surface area contributed by atoms with Crippen LogP contribution in [0.1, 0.15) is 26.2 Å². The van der Waals surface area contributed by atoms with Crippen molar-refractivity contribution in [1.29, 1.82) is 0 Å². The van der Waals surface area contributed by atoms with Crippen molar-refractivity contribution in [2.45, 2.75) is 31.7 Å². The summed E-state index contributed by atoms with van der Waals surface area (Å²) in [5.74, 6) is -0.601. The smallest absolute Gasteiger partial charge is 0.253 e. The Bertz CT molecular complexity index is 306. The third-order valence-corrected chi connectivity index (χ3v) is 3.40. The molecule has 0 unspecified atom stereocenters. The van der Waals surface area contributed by atoms with E-state index in [2.05, 4.69) is 0 Å². The molecule has 0 saturated heterocycles. The van der Waals surface area contributed by atoms with Crippen LogP contribution >= 0.6 is 0 Å². The first-order valence-electron chi connectivity index (χ1n) is 4.23. The highest BCUT2D eigenvalue weighted by Gasteiger charge is 2.47. The van der Waals surface area contributed by atoms with Crippen LogP contribution in [0.25, 0.3) is 0 Å². The lowest BCUT2D eigenvalue weighted by Gasteiger charge is -2.09. The minimum Gasteiger partial charge on any atom is -0.317 e. The Labute approximate surface area is 77.7 Å². The molecule has 5 nitrogen and oxygen atoms in total. The Kier molecular flexibility index (Phi) is 2.63. The molecule has 76 valence electrons. The molecule has 0 atom stereocenters. The molecule has 6 heteroatoms. The van der Waals surface area contributed by atoms with Gasteiger partial charge in [-0.05, 0) is 19.3 Å². The first-order chi connectivity index (χ1) is 5.90. The van der Waals surface area contributed by atoms with Crippen molar-refractivity contribution < 1.29 is 13.2 Å². The number of hydrogen-bond acceptors (Lipinski definition) is 4. The van der Waals surface area contributed by atoms with Gasteiger partial charge >= 0.3 is 0 Å². The third kappa shape index (κ3) is 2.67. The van der Waals surface area contributed by atoms with Crippen molar-refractivity contribution in [3.05, 3.63) is 0 Å². The molecule has 0 aliphatic heterocycles. The molecular weight excluding hydrogens is 192 g/mol. The van der Waals surface area contributed by atoms with Gasteiger partial charge in [0.25, 0.3) is 5.91 Å². The topological polar surface area (TPSA) is 89.3 Å². The summed E-state index contributed by atoms with van der Waals surface area (Å²) in [4.78, 5) is 11.2. The highest BCUT2D eigenvalue weighted by Crippen LogP contribution is 2.32. The molecule has 1 amide bonds. The number of carbonyl (C=O) groups excluding carboxylic acids is 1. The Balaban J connectivity index is 2.53. The maximum atomic E-state index is 11.2. The number of nitrogens with two attached hydrogens (primary N) is 1. The van der Waals surface area contributed by atoms with Crippen LogP contribution in [-0.4, -0.2) is 25.6 Å². The monoisotopic (exact) mass is 206 g/mol. The van der Waals surface area contributed by atoms with E-state index in [1.165, 1.54) is 0 Å². The molecule has 1 fully saturated rings. The third-order valence-electron chi connectivity index (χ3n) is 1.96. The lowest BCUT2D eigenvalue weighted by Crippen LogP contribution is -2.45. The molecule has 0 radical (unpaired) electrons. The van der Waals surface area contributed by atoms with Gasteiger partial charge in [-0.25, -0.2) is 8.42 Å². The summed E-state index contributed by atoms with van der Waals surface area (Å²) in [6.07, 6.45) is 1.63. The molecule has 1 aliphatic rings. The van der Waals surface area contributed by atoms with Crippen molar-refractivity contribution >= 4 is 15.9 Å². The average Bonchev–Trinajstić information content (AvgIpc) is 2.67. The van der Waals surface area contributed by atoms with Crippen LogP contribution in [0.4, 0.5) is 0 Å².